The maximum absolute atomic E-state index is 9.94. The minimum atomic E-state index is 0.452. The topological polar surface area (TPSA) is 29.4 Å². The van der Waals surface area contributed by atoms with Crippen molar-refractivity contribution >= 4 is 0 Å². The summed E-state index contributed by atoms with van der Waals surface area (Å²) in [5, 5.41) is 2.77. The van der Waals surface area contributed by atoms with Crippen molar-refractivity contribution in [3.8, 4) is 0 Å². The van der Waals surface area contributed by atoms with Gasteiger partial charge in [0.2, 0.25) is 0 Å². The summed E-state index contributed by atoms with van der Waals surface area (Å²) in [5.74, 6) is 0. The summed E-state index contributed by atoms with van der Waals surface area (Å²) in [7, 11) is 0. The monoisotopic (exact) mass is 139 g/mol. The number of hydrogen-bond acceptors (Lipinski definition) is 2. The van der Waals surface area contributed by atoms with Crippen LogP contribution >= 0.6 is 0 Å². The molecule has 2 heteroatoms. The molecule has 0 bridgehead atoms. The van der Waals surface area contributed by atoms with Crippen LogP contribution in [0.3, 0.4) is 0 Å². The van der Waals surface area contributed by atoms with Gasteiger partial charge in [0, 0.05) is 0 Å². The van der Waals surface area contributed by atoms with Gasteiger partial charge in [-0.25, -0.2) is 0 Å². The normalized spacial score (nSPS) is 11.1. The second-order valence-electron chi connectivity index (χ2n) is 2.07. The Kier molecular flexibility index (Phi) is 5.63. The van der Waals surface area contributed by atoms with Crippen LogP contribution in [0.25, 0.3) is 0 Å². The van der Waals surface area contributed by atoms with Crippen LogP contribution in [0.15, 0.2) is 29.6 Å². The zero-order valence-corrected chi connectivity index (χ0v) is 6.34. The fraction of sp³-hybridized carbons (Fsp3) is 0.500. The van der Waals surface area contributed by atoms with E-state index in [1.807, 2.05) is 6.08 Å². The predicted molar refractivity (Wildman–Crippen MR) is 43.6 cm³/mol. The molecule has 0 spiro atoms. The van der Waals surface area contributed by atoms with Crippen LogP contribution in [0.4, 0.5) is 0 Å². The van der Waals surface area contributed by atoms with Gasteiger partial charge in [0.05, 0.1) is 0 Å². The third kappa shape index (κ3) is 4.01. The summed E-state index contributed by atoms with van der Waals surface area (Å²) >= 11 is 0. The average Bonchev–Trinajstić information content (AvgIpc) is 1.99. The summed E-state index contributed by atoms with van der Waals surface area (Å²) in [6.45, 7) is 5.56. The molecule has 0 unspecified atom stereocenters. The zero-order chi connectivity index (χ0) is 7.82. The molecule has 0 amide bonds. The SMILES string of the molecule is C=C/C(=C\CCCC)N=O. The van der Waals surface area contributed by atoms with E-state index in [0.29, 0.717) is 5.70 Å². The first-order chi connectivity index (χ1) is 4.85. The molecular formula is C8H13NO. The lowest BCUT2D eigenvalue weighted by Gasteiger charge is -1.88. The Bertz CT molecular complexity index is 128. The van der Waals surface area contributed by atoms with Crippen LogP contribution < -0.4 is 0 Å². The van der Waals surface area contributed by atoms with Gasteiger partial charge >= 0.3 is 0 Å². The highest BCUT2D eigenvalue weighted by molar-refractivity contribution is 5.13. The Hall–Kier alpha value is -0.920. The zero-order valence-electron chi connectivity index (χ0n) is 6.34. The van der Waals surface area contributed by atoms with Gasteiger partial charge in [-0.2, -0.15) is 0 Å². The molecule has 0 fully saturated rings. The van der Waals surface area contributed by atoms with Crippen molar-refractivity contribution in [1.29, 1.82) is 0 Å². The van der Waals surface area contributed by atoms with Gasteiger partial charge < -0.3 is 0 Å². The van der Waals surface area contributed by atoms with E-state index in [2.05, 4.69) is 18.7 Å². The van der Waals surface area contributed by atoms with Gasteiger partial charge in [-0.15, -0.1) is 4.91 Å². The number of nitrogens with zero attached hydrogens (tertiary/aromatic N) is 1. The molecule has 0 saturated carbocycles. The number of rotatable bonds is 5. The largest absolute Gasteiger partial charge is 0.145 e. The first-order valence-corrected chi connectivity index (χ1v) is 3.51. The summed E-state index contributed by atoms with van der Waals surface area (Å²) in [4.78, 5) is 9.94. The molecule has 10 heavy (non-hydrogen) atoms. The molecule has 0 atom stereocenters. The van der Waals surface area contributed by atoms with Crippen LogP contribution in [0.2, 0.25) is 0 Å². The Morgan fingerprint density at radius 3 is 2.80 bits per heavy atom. The molecule has 0 rings (SSSR count). The van der Waals surface area contributed by atoms with Crippen molar-refractivity contribution < 1.29 is 0 Å². The molecule has 0 aliphatic carbocycles. The highest BCUT2D eigenvalue weighted by atomic mass is 16.3. The van der Waals surface area contributed by atoms with Crippen LogP contribution in [0, 0.1) is 4.91 Å². The molecule has 0 N–H and O–H groups in total. The van der Waals surface area contributed by atoms with E-state index in [-0.39, 0.29) is 0 Å². The first-order valence-electron chi connectivity index (χ1n) is 3.51. The van der Waals surface area contributed by atoms with Gasteiger partial charge in [-0.3, -0.25) is 0 Å². The highest BCUT2D eigenvalue weighted by Gasteiger charge is 1.86. The maximum atomic E-state index is 9.94. The van der Waals surface area contributed by atoms with Crippen LogP contribution in [-0.4, -0.2) is 0 Å². The number of allylic oxidation sites excluding steroid dienone is 2. The molecule has 0 saturated heterocycles. The molecule has 0 heterocycles. The second kappa shape index (κ2) is 6.20. The van der Waals surface area contributed by atoms with Crippen LogP contribution in [-0.2, 0) is 0 Å². The van der Waals surface area contributed by atoms with E-state index in [9.17, 15) is 4.91 Å². The molecule has 0 aromatic heterocycles. The molecule has 0 aromatic rings. The van der Waals surface area contributed by atoms with Crippen molar-refractivity contribution in [2.24, 2.45) is 5.18 Å². The van der Waals surface area contributed by atoms with Crippen molar-refractivity contribution in [1.82, 2.24) is 0 Å². The minimum Gasteiger partial charge on any atom is -0.145 e. The van der Waals surface area contributed by atoms with Crippen LogP contribution in [0.5, 0.6) is 0 Å². The van der Waals surface area contributed by atoms with E-state index in [0.717, 1.165) is 19.3 Å². The van der Waals surface area contributed by atoms with E-state index in [1.54, 1.807) is 0 Å². The van der Waals surface area contributed by atoms with Gasteiger partial charge in [-0.1, -0.05) is 26.0 Å². The number of nitroso groups, excluding NO2 is 1. The maximum Gasteiger partial charge on any atom is 0.103 e. The number of unbranched alkanes of at least 4 members (excludes halogenated alkanes) is 2. The summed E-state index contributed by atoms with van der Waals surface area (Å²) < 4.78 is 0. The van der Waals surface area contributed by atoms with E-state index < -0.39 is 0 Å². The lowest BCUT2D eigenvalue weighted by atomic mass is 10.2. The summed E-state index contributed by atoms with van der Waals surface area (Å²) in [5.41, 5.74) is 0.452. The van der Waals surface area contributed by atoms with E-state index in [4.69, 9.17) is 0 Å². The third-order valence-electron chi connectivity index (χ3n) is 1.23. The predicted octanol–water partition coefficient (Wildman–Crippen LogP) is 3.01. The van der Waals surface area contributed by atoms with Gasteiger partial charge in [0.1, 0.15) is 5.70 Å². The van der Waals surface area contributed by atoms with Gasteiger partial charge in [0.25, 0.3) is 0 Å². The molecular weight excluding hydrogens is 126 g/mol. The Labute approximate surface area is 61.6 Å². The minimum absolute atomic E-state index is 0.452. The third-order valence-corrected chi connectivity index (χ3v) is 1.23. The molecule has 56 valence electrons. The van der Waals surface area contributed by atoms with Gasteiger partial charge in [-0.05, 0) is 24.1 Å². The van der Waals surface area contributed by atoms with Crippen molar-refractivity contribution in [2.75, 3.05) is 0 Å². The van der Waals surface area contributed by atoms with Gasteiger partial charge in [0.15, 0.2) is 0 Å². The molecule has 0 aliphatic rings. The second-order valence-corrected chi connectivity index (χ2v) is 2.07. The molecule has 0 radical (unpaired) electrons. The Morgan fingerprint density at radius 1 is 1.70 bits per heavy atom. The quantitative estimate of drug-likeness (QED) is 0.327. The first kappa shape index (κ1) is 9.08. The van der Waals surface area contributed by atoms with Crippen molar-refractivity contribution in [3.05, 3.63) is 29.3 Å². The van der Waals surface area contributed by atoms with Crippen molar-refractivity contribution in [2.45, 2.75) is 26.2 Å². The molecule has 2 nitrogen and oxygen atoms in total. The fourth-order valence-electron chi connectivity index (χ4n) is 0.612. The highest BCUT2D eigenvalue weighted by Crippen LogP contribution is 2.02. The average molecular weight is 139 g/mol. The van der Waals surface area contributed by atoms with Crippen molar-refractivity contribution in [3.63, 3.8) is 0 Å². The molecule has 0 aromatic carbocycles. The number of hydrogen-bond donors (Lipinski definition) is 0. The lowest BCUT2D eigenvalue weighted by molar-refractivity contribution is 0.811. The van der Waals surface area contributed by atoms with Crippen LogP contribution in [0.1, 0.15) is 26.2 Å². The van der Waals surface area contributed by atoms with E-state index in [1.165, 1.54) is 6.08 Å². The standard InChI is InChI=1S/C8H13NO/c1-3-5-6-7-8(4-2)9-10/h4,7H,2-3,5-6H2,1H3/b8-7+. The summed E-state index contributed by atoms with van der Waals surface area (Å²) in [6.07, 6.45) is 6.45. The fourth-order valence-corrected chi connectivity index (χ4v) is 0.612. The molecule has 0 aliphatic heterocycles. The lowest BCUT2D eigenvalue weighted by Crippen LogP contribution is -1.71. The Morgan fingerprint density at radius 2 is 2.40 bits per heavy atom. The Balaban J connectivity index is 3.63. The smallest absolute Gasteiger partial charge is 0.103 e. The van der Waals surface area contributed by atoms with E-state index >= 15 is 0 Å². The summed E-state index contributed by atoms with van der Waals surface area (Å²) in [6, 6.07) is 0.